The van der Waals surface area contributed by atoms with Crippen LogP contribution in [-0.2, 0) is 19.7 Å². The van der Waals surface area contributed by atoms with E-state index in [9.17, 15) is 13.2 Å². The predicted octanol–water partition coefficient (Wildman–Crippen LogP) is 1.31. The van der Waals surface area contributed by atoms with Crippen molar-refractivity contribution in [2.45, 2.75) is 6.10 Å². The number of para-hydroxylation sites is 1. The Kier molecular flexibility index (Phi) is 8.15. The molecular formula is C17H23N5O7S. The molecule has 0 aliphatic rings. The zero-order valence-corrected chi connectivity index (χ0v) is 17.6. The van der Waals surface area contributed by atoms with Crippen LogP contribution >= 0.6 is 0 Å². The Morgan fingerprint density at radius 2 is 1.70 bits per heavy atom. The molecular weight excluding hydrogens is 418 g/mol. The molecule has 3 N–H and O–H groups in total. The van der Waals surface area contributed by atoms with E-state index in [1.54, 1.807) is 18.2 Å². The van der Waals surface area contributed by atoms with E-state index < -0.39 is 22.3 Å². The molecule has 1 aromatic heterocycles. The first kappa shape index (κ1) is 23.1. The fraction of sp³-hybridized carbons (Fsp3) is 0.353. The van der Waals surface area contributed by atoms with Gasteiger partial charge in [-0.25, -0.2) is 9.52 Å². The van der Waals surface area contributed by atoms with Crippen LogP contribution in [0.4, 0.5) is 16.4 Å². The summed E-state index contributed by atoms with van der Waals surface area (Å²) >= 11 is 0. The summed E-state index contributed by atoms with van der Waals surface area (Å²) in [6.07, 6.45) is -0.514. The third kappa shape index (κ3) is 6.43. The van der Waals surface area contributed by atoms with E-state index in [1.807, 2.05) is 4.72 Å². The Balaban J connectivity index is 2.14. The first-order valence-corrected chi connectivity index (χ1v) is 9.99. The molecule has 30 heavy (non-hydrogen) atoms. The zero-order valence-electron chi connectivity index (χ0n) is 16.8. The number of benzene rings is 1. The van der Waals surface area contributed by atoms with Crippen LogP contribution in [0, 0.1) is 0 Å². The van der Waals surface area contributed by atoms with Gasteiger partial charge in [0.2, 0.25) is 17.7 Å². The number of aromatic nitrogens is 2. The Hall–Kier alpha value is -3.16. The van der Waals surface area contributed by atoms with Crippen molar-refractivity contribution < 1.29 is 32.2 Å². The SMILES string of the molecule is COCC(OC)c1ccccc1NS(=O)(=O)NC(=O)Nc1nc(OC)cc(OC)n1. The molecule has 2 rings (SSSR count). The molecule has 0 fully saturated rings. The number of nitrogens with one attached hydrogen (secondary N) is 3. The van der Waals surface area contributed by atoms with Gasteiger partial charge in [-0.05, 0) is 6.07 Å². The van der Waals surface area contributed by atoms with Gasteiger partial charge < -0.3 is 18.9 Å². The minimum absolute atomic E-state index is 0.121. The minimum atomic E-state index is -4.29. The van der Waals surface area contributed by atoms with Crippen LogP contribution < -0.4 is 24.2 Å². The summed E-state index contributed by atoms with van der Waals surface area (Å²) in [6, 6.07) is 6.88. The standard InChI is InChI=1S/C17H23N5O7S/c1-26-10-13(27-2)11-7-5-6-8-12(11)21-30(24,25)22-17(23)20-16-18-14(28-3)9-15(19-16)29-4/h5-9,13,21H,10H2,1-4H3,(H2,18,19,20,22,23). The molecule has 1 atom stereocenters. The van der Waals surface area contributed by atoms with Crippen LogP contribution in [0.5, 0.6) is 11.8 Å². The first-order chi connectivity index (χ1) is 14.3. The van der Waals surface area contributed by atoms with E-state index in [2.05, 4.69) is 20.0 Å². The molecule has 2 aromatic rings. The molecule has 0 saturated heterocycles. The maximum Gasteiger partial charge on any atom is 0.336 e. The van der Waals surface area contributed by atoms with Gasteiger partial charge in [0.05, 0.1) is 32.6 Å². The Bertz CT molecular complexity index is 948. The maximum absolute atomic E-state index is 12.4. The Morgan fingerprint density at radius 1 is 1.07 bits per heavy atom. The van der Waals surface area contributed by atoms with E-state index >= 15 is 0 Å². The highest BCUT2D eigenvalue weighted by Crippen LogP contribution is 2.26. The van der Waals surface area contributed by atoms with Crippen LogP contribution in [0.15, 0.2) is 30.3 Å². The van der Waals surface area contributed by atoms with Gasteiger partial charge in [0.25, 0.3) is 0 Å². The summed E-state index contributed by atoms with van der Waals surface area (Å²) in [5.41, 5.74) is 0.759. The van der Waals surface area contributed by atoms with Crippen molar-refractivity contribution in [1.82, 2.24) is 14.7 Å². The van der Waals surface area contributed by atoms with Crippen molar-refractivity contribution in [3.8, 4) is 11.8 Å². The lowest BCUT2D eigenvalue weighted by molar-refractivity contribution is 0.0279. The molecule has 0 radical (unpaired) electrons. The number of urea groups is 1. The van der Waals surface area contributed by atoms with Gasteiger partial charge >= 0.3 is 16.2 Å². The summed E-state index contributed by atoms with van der Waals surface area (Å²) < 4.78 is 49.3. The van der Waals surface area contributed by atoms with Gasteiger partial charge in [-0.2, -0.15) is 18.4 Å². The number of anilines is 2. The molecule has 0 saturated carbocycles. The average molecular weight is 441 g/mol. The van der Waals surface area contributed by atoms with Crippen LogP contribution in [0.25, 0.3) is 0 Å². The van der Waals surface area contributed by atoms with Gasteiger partial charge in [-0.15, -0.1) is 0 Å². The fourth-order valence-electron chi connectivity index (χ4n) is 2.40. The van der Waals surface area contributed by atoms with E-state index in [-0.39, 0.29) is 30.0 Å². The smallest absolute Gasteiger partial charge is 0.336 e. The van der Waals surface area contributed by atoms with E-state index in [1.165, 1.54) is 40.6 Å². The van der Waals surface area contributed by atoms with Crippen LogP contribution in [0.1, 0.15) is 11.7 Å². The van der Waals surface area contributed by atoms with Crippen molar-refractivity contribution >= 4 is 27.9 Å². The van der Waals surface area contributed by atoms with E-state index in [0.29, 0.717) is 5.56 Å². The number of ether oxygens (including phenoxy) is 4. The predicted molar refractivity (Wildman–Crippen MR) is 108 cm³/mol. The molecule has 0 aliphatic heterocycles. The maximum atomic E-state index is 12.4. The largest absolute Gasteiger partial charge is 0.481 e. The molecule has 1 aromatic carbocycles. The van der Waals surface area contributed by atoms with Crippen molar-refractivity contribution in [3.63, 3.8) is 0 Å². The molecule has 164 valence electrons. The summed E-state index contributed by atoms with van der Waals surface area (Å²) in [4.78, 5) is 19.9. The van der Waals surface area contributed by atoms with Crippen molar-refractivity contribution in [2.75, 3.05) is 45.1 Å². The van der Waals surface area contributed by atoms with E-state index in [4.69, 9.17) is 18.9 Å². The second-order valence-corrected chi connectivity index (χ2v) is 7.12. The van der Waals surface area contributed by atoms with Gasteiger partial charge in [0.1, 0.15) is 6.10 Å². The lowest BCUT2D eigenvalue weighted by Gasteiger charge is -2.19. The number of rotatable bonds is 10. The topological polar surface area (TPSA) is 150 Å². The molecule has 1 heterocycles. The van der Waals surface area contributed by atoms with Crippen LogP contribution in [0.2, 0.25) is 0 Å². The molecule has 1 unspecified atom stereocenters. The first-order valence-electron chi connectivity index (χ1n) is 8.51. The third-order valence-corrected chi connectivity index (χ3v) is 4.65. The monoisotopic (exact) mass is 441 g/mol. The third-order valence-electron chi connectivity index (χ3n) is 3.70. The highest BCUT2D eigenvalue weighted by atomic mass is 32.2. The molecule has 12 nitrogen and oxygen atoms in total. The van der Waals surface area contributed by atoms with Gasteiger partial charge in [0, 0.05) is 19.8 Å². The number of amides is 2. The number of carbonyl (C=O) groups excluding carboxylic acids is 1. The highest BCUT2D eigenvalue weighted by molar-refractivity contribution is 7.91. The van der Waals surface area contributed by atoms with Crippen molar-refractivity contribution in [1.29, 1.82) is 0 Å². The molecule has 0 bridgehead atoms. The molecule has 13 heteroatoms. The lowest BCUT2D eigenvalue weighted by atomic mass is 10.1. The summed E-state index contributed by atoms with van der Waals surface area (Å²) in [5.74, 6) is 0.0328. The quantitative estimate of drug-likeness (QED) is 0.496. The van der Waals surface area contributed by atoms with Crippen LogP contribution in [0.3, 0.4) is 0 Å². The highest BCUT2D eigenvalue weighted by Gasteiger charge is 2.20. The average Bonchev–Trinajstić information content (AvgIpc) is 2.71. The van der Waals surface area contributed by atoms with E-state index in [0.717, 1.165) is 0 Å². The second-order valence-electron chi connectivity index (χ2n) is 5.70. The summed E-state index contributed by atoms with van der Waals surface area (Å²) in [6.45, 7) is 0.207. The van der Waals surface area contributed by atoms with Crippen LogP contribution in [-0.4, -0.2) is 59.5 Å². The molecule has 0 spiro atoms. The number of hydrogen-bond donors (Lipinski definition) is 3. The normalized spacial score (nSPS) is 12.0. The Labute approximate surface area is 174 Å². The van der Waals surface area contributed by atoms with Gasteiger partial charge in [-0.1, -0.05) is 18.2 Å². The van der Waals surface area contributed by atoms with Gasteiger partial charge in [0.15, 0.2) is 0 Å². The number of hydrogen-bond acceptors (Lipinski definition) is 9. The Morgan fingerprint density at radius 3 is 2.27 bits per heavy atom. The molecule has 0 aliphatic carbocycles. The summed E-state index contributed by atoms with van der Waals surface area (Å²) in [5, 5.41) is 2.21. The van der Waals surface area contributed by atoms with Crippen molar-refractivity contribution in [3.05, 3.63) is 35.9 Å². The van der Waals surface area contributed by atoms with Crippen molar-refractivity contribution in [2.24, 2.45) is 0 Å². The lowest BCUT2D eigenvalue weighted by Crippen LogP contribution is -2.38. The molecule has 2 amide bonds. The number of carbonyl (C=O) groups is 1. The minimum Gasteiger partial charge on any atom is -0.481 e. The number of methoxy groups -OCH3 is 4. The number of nitrogens with zero attached hydrogens (tertiary/aromatic N) is 2. The summed E-state index contributed by atoms with van der Waals surface area (Å²) in [7, 11) is 1.42. The van der Waals surface area contributed by atoms with Gasteiger partial charge in [-0.3, -0.25) is 10.0 Å². The fourth-order valence-corrected chi connectivity index (χ4v) is 3.22. The zero-order chi connectivity index (χ0) is 22.1. The second kappa shape index (κ2) is 10.6.